The van der Waals surface area contributed by atoms with Crippen molar-refractivity contribution < 1.29 is 23.0 Å². The van der Waals surface area contributed by atoms with Gasteiger partial charge in [0.05, 0.1) is 5.56 Å². The topological polar surface area (TPSA) is 29.5 Å². The highest BCUT2D eigenvalue weighted by molar-refractivity contribution is 5.33. The van der Waals surface area contributed by atoms with Crippen molar-refractivity contribution in [3.63, 3.8) is 0 Å². The van der Waals surface area contributed by atoms with Gasteiger partial charge < -0.3 is 9.84 Å². The van der Waals surface area contributed by atoms with Crippen LogP contribution in [-0.4, -0.2) is 12.2 Å². The number of aryl methyl sites for hydroxylation is 1. The maximum atomic E-state index is 12.3. The van der Waals surface area contributed by atoms with Crippen molar-refractivity contribution in [3.8, 4) is 0 Å². The third-order valence-electron chi connectivity index (χ3n) is 2.09. The molecule has 0 bridgehead atoms. The Labute approximate surface area is 85.3 Å². The van der Waals surface area contributed by atoms with E-state index in [-0.39, 0.29) is 0 Å². The summed E-state index contributed by atoms with van der Waals surface area (Å²) in [6.07, 6.45) is -5.55. The second-order valence-electron chi connectivity index (χ2n) is 3.16. The number of methoxy groups -OCH3 is 1. The average Bonchev–Trinajstić information content (AvgIpc) is 2.15. The van der Waals surface area contributed by atoms with Crippen LogP contribution in [0.15, 0.2) is 18.2 Å². The van der Waals surface area contributed by atoms with Crippen LogP contribution >= 0.6 is 0 Å². The van der Waals surface area contributed by atoms with Crippen molar-refractivity contribution in [1.29, 1.82) is 0 Å². The fourth-order valence-electron chi connectivity index (χ4n) is 1.26. The maximum absolute atomic E-state index is 12.3. The lowest BCUT2D eigenvalue weighted by molar-refractivity contribution is -0.137. The van der Waals surface area contributed by atoms with Crippen molar-refractivity contribution in [2.24, 2.45) is 0 Å². The van der Waals surface area contributed by atoms with Gasteiger partial charge in [0.2, 0.25) is 0 Å². The summed E-state index contributed by atoms with van der Waals surface area (Å²) in [6.45, 7) is 1.49. The number of hydrogen-bond acceptors (Lipinski definition) is 2. The van der Waals surface area contributed by atoms with E-state index in [2.05, 4.69) is 4.74 Å². The van der Waals surface area contributed by atoms with Crippen LogP contribution in [0.4, 0.5) is 13.2 Å². The SMILES string of the molecule is COC(O)c1ccc(C(F)(F)F)cc1C. The van der Waals surface area contributed by atoms with Gasteiger partial charge in [-0.25, -0.2) is 0 Å². The van der Waals surface area contributed by atoms with Crippen LogP contribution in [0.2, 0.25) is 0 Å². The molecule has 0 saturated carbocycles. The van der Waals surface area contributed by atoms with Crippen molar-refractivity contribution in [3.05, 3.63) is 34.9 Å². The molecule has 0 aliphatic rings. The largest absolute Gasteiger partial charge is 0.416 e. The third kappa shape index (κ3) is 2.70. The highest BCUT2D eigenvalue weighted by atomic mass is 19.4. The highest BCUT2D eigenvalue weighted by Gasteiger charge is 2.30. The molecule has 0 aromatic heterocycles. The molecule has 1 N–H and O–H groups in total. The van der Waals surface area contributed by atoms with Crippen molar-refractivity contribution in [2.75, 3.05) is 7.11 Å². The van der Waals surface area contributed by atoms with Gasteiger partial charge in [-0.3, -0.25) is 0 Å². The first-order valence-electron chi connectivity index (χ1n) is 4.25. The summed E-state index contributed by atoms with van der Waals surface area (Å²) in [5.41, 5.74) is -0.0447. The molecule has 0 radical (unpaired) electrons. The lowest BCUT2D eigenvalue weighted by Crippen LogP contribution is -2.08. The van der Waals surface area contributed by atoms with Gasteiger partial charge in [0.1, 0.15) is 0 Å². The van der Waals surface area contributed by atoms with E-state index in [4.69, 9.17) is 0 Å². The summed E-state index contributed by atoms with van der Waals surface area (Å²) in [5.74, 6) is 0. The molecule has 2 nitrogen and oxygen atoms in total. The first kappa shape index (κ1) is 12.0. The van der Waals surface area contributed by atoms with Gasteiger partial charge in [-0.1, -0.05) is 6.07 Å². The summed E-state index contributed by atoms with van der Waals surface area (Å²) >= 11 is 0. The Morgan fingerprint density at radius 2 is 1.93 bits per heavy atom. The number of aliphatic hydroxyl groups excluding tert-OH is 1. The van der Waals surface area contributed by atoms with Crippen LogP contribution in [0.3, 0.4) is 0 Å². The molecule has 1 aromatic carbocycles. The molecule has 1 aromatic rings. The number of benzene rings is 1. The smallest absolute Gasteiger partial charge is 0.364 e. The molecule has 0 heterocycles. The van der Waals surface area contributed by atoms with E-state index in [1.165, 1.54) is 20.1 Å². The zero-order valence-electron chi connectivity index (χ0n) is 8.30. The summed E-state index contributed by atoms with van der Waals surface area (Å²) in [7, 11) is 1.28. The monoisotopic (exact) mass is 220 g/mol. The molecular formula is C10H11F3O2. The van der Waals surface area contributed by atoms with E-state index >= 15 is 0 Å². The molecular weight excluding hydrogens is 209 g/mol. The van der Waals surface area contributed by atoms with Crippen LogP contribution in [0.5, 0.6) is 0 Å². The van der Waals surface area contributed by atoms with Crippen LogP contribution < -0.4 is 0 Å². The number of halogens is 3. The third-order valence-corrected chi connectivity index (χ3v) is 2.09. The number of rotatable bonds is 2. The Hall–Kier alpha value is -1.07. The predicted octanol–water partition coefficient (Wildman–Crippen LogP) is 2.65. The molecule has 15 heavy (non-hydrogen) atoms. The van der Waals surface area contributed by atoms with Crippen molar-refractivity contribution in [1.82, 2.24) is 0 Å². The van der Waals surface area contributed by atoms with Gasteiger partial charge >= 0.3 is 6.18 Å². The molecule has 0 amide bonds. The van der Waals surface area contributed by atoms with E-state index in [1.807, 2.05) is 0 Å². The molecule has 1 atom stereocenters. The molecule has 0 aliphatic heterocycles. The fraction of sp³-hybridized carbons (Fsp3) is 0.400. The Morgan fingerprint density at radius 1 is 1.33 bits per heavy atom. The molecule has 0 saturated heterocycles. The van der Waals surface area contributed by atoms with Crippen molar-refractivity contribution in [2.45, 2.75) is 19.4 Å². The molecule has 5 heteroatoms. The quantitative estimate of drug-likeness (QED) is 0.776. The predicted molar refractivity (Wildman–Crippen MR) is 48.1 cm³/mol. The lowest BCUT2D eigenvalue weighted by Gasteiger charge is -2.14. The van der Waals surface area contributed by atoms with Crippen LogP contribution in [0, 0.1) is 6.92 Å². The van der Waals surface area contributed by atoms with Gasteiger partial charge in [-0.05, 0) is 24.6 Å². The normalized spacial score (nSPS) is 14.0. The second-order valence-corrected chi connectivity index (χ2v) is 3.16. The van der Waals surface area contributed by atoms with E-state index in [1.54, 1.807) is 0 Å². The molecule has 84 valence electrons. The highest BCUT2D eigenvalue weighted by Crippen LogP contribution is 2.31. The number of ether oxygens (including phenoxy) is 1. The minimum Gasteiger partial charge on any atom is -0.364 e. The Bertz CT molecular complexity index is 347. The van der Waals surface area contributed by atoms with Gasteiger partial charge in [0.15, 0.2) is 6.29 Å². The van der Waals surface area contributed by atoms with E-state index in [9.17, 15) is 18.3 Å². The van der Waals surface area contributed by atoms with Gasteiger partial charge in [0.25, 0.3) is 0 Å². The van der Waals surface area contributed by atoms with E-state index in [0.717, 1.165) is 12.1 Å². The Kier molecular flexibility index (Phi) is 3.36. The van der Waals surface area contributed by atoms with Crippen molar-refractivity contribution >= 4 is 0 Å². The fourth-order valence-corrected chi connectivity index (χ4v) is 1.26. The molecule has 0 spiro atoms. The summed E-state index contributed by atoms with van der Waals surface area (Å²) < 4.78 is 41.5. The van der Waals surface area contributed by atoms with E-state index < -0.39 is 18.0 Å². The zero-order chi connectivity index (χ0) is 11.6. The molecule has 1 rings (SSSR count). The van der Waals surface area contributed by atoms with Crippen LogP contribution in [0.1, 0.15) is 23.0 Å². The molecule has 0 fully saturated rings. The first-order chi connectivity index (χ1) is 6.86. The van der Waals surface area contributed by atoms with Gasteiger partial charge in [0, 0.05) is 12.7 Å². The Balaban J connectivity index is 3.09. The first-order valence-corrected chi connectivity index (χ1v) is 4.25. The lowest BCUT2D eigenvalue weighted by atomic mass is 10.0. The molecule has 0 aliphatic carbocycles. The molecule has 1 unspecified atom stereocenters. The number of aliphatic hydroxyl groups is 1. The van der Waals surface area contributed by atoms with Crippen LogP contribution in [-0.2, 0) is 10.9 Å². The van der Waals surface area contributed by atoms with E-state index in [0.29, 0.717) is 11.1 Å². The minimum absolute atomic E-state index is 0.338. The summed E-state index contributed by atoms with van der Waals surface area (Å²) in [4.78, 5) is 0. The minimum atomic E-state index is -4.36. The maximum Gasteiger partial charge on any atom is 0.416 e. The number of alkyl halides is 3. The van der Waals surface area contributed by atoms with Crippen LogP contribution in [0.25, 0.3) is 0 Å². The Morgan fingerprint density at radius 3 is 2.33 bits per heavy atom. The zero-order valence-corrected chi connectivity index (χ0v) is 8.30. The second kappa shape index (κ2) is 4.20. The summed E-state index contributed by atoms with van der Waals surface area (Å²) in [6, 6.07) is 3.12. The standard InChI is InChI=1S/C10H11F3O2/c1-6-5-7(10(11,12)13)3-4-8(6)9(14)15-2/h3-5,9,14H,1-2H3. The summed E-state index contributed by atoms with van der Waals surface area (Å²) in [5, 5.41) is 9.30. The number of hydrogen-bond donors (Lipinski definition) is 1. The van der Waals surface area contributed by atoms with Gasteiger partial charge in [-0.15, -0.1) is 0 Å². The average molecular weight is 220 g/mol. The van der Waals surface area contributed by atoms with Gasteiger partial charge in [-0.2, -0.15) is 13.2 Å².